The molecule has 2 amide bonds. The van der Waals surface area contributed by atoms with Crippen LogP contribution in [0.2, 0.25) is 5.02 Å². The number of para-hydroxylation sites is 1. The average Bonchev–Trinajstić information content (AvgIpc) is 3.17. The number of nitrogens with one attached hydrogen (secondary N) is 2. The Kier molecular flexibility index (Phi) is 6.32. The first-order valence-electron chi connectivity index (χ1n) is 9.03. The molecule has 30 heavy (non-hydrogen) atoms. The summed E-state index contributed by atoms with van der Waals surface area (Å²) in [5.74, 6) is -0.0867. The van der Waals surface area contributed by atoms with E-state index in [0.29, 0.717) is 22.0 Å². The summed E-state index contributed by atoms with van der Waals surface area (Å²) in [5, 5.41) is 6.20. The van der Waals surface area contributed by atoms with E-state index in [1.54, 1.807) is 24.3 Å². The number of carbonyl (C=O) groups is 2. The third-order valence-electron chi connectivity index (χ3n) is 4.14. The summed E-state index contributed by atoms with van der Waals surface area (Å²) in [5.41, 5.74) is 2.72. The summed E-state index contributed by atoms with van der Waals surface area (Å²) >= 11 is 8.91. The largest absolute Gasteiger partial charge is 0.324 e. The molecule has 0 bridgehead atoms. The van der Waals surface area contributed by atoms with Crippen LogP contribution in [0.1, 0.15) is 10.4 Å². The molecule has 5 nitrogen and oxygen atoms in total. The minimum Gasteiger partial charge on any atom is -0.324 e. The molecule has 0 aliphatic carbocycles. The van der Waals surface area contributed by atoms with Crippen LogP contribution in [0.4, 0.5) is 11.4 Å². The Labute approximate surface area is 186 Å². The highest BCUT2D eigenvalue weighted by atomic mass is 35.5. The highest BCUT2D eigenvalue weighted by Gasteiger charge is 2.11. The molecule has 1 heterocycles. The molecule has 8 heteroatoms. The van der Waals surface area contributed by atoms with Crippen LogP contribution in [0, 0.1) is 0 Å². The van der Waals surface area contributed by atoms with Crippen molar-refractivity contribution >= 4 is 68.1 Å². The minimum atomic E-state index is -0.162. The van der Waals surface area contributed by atoms with Crippen molar-refractivity contribution in [1.82, 2.24) is 4.98 Å². The van der Waals surface area contributed by atoms with Gasteiger partial charge in [0.25, 0.3) is 5.91 Å². The highest BCUT2D eigenvalue weighted by molar-refractivity contribution is 8.01. The molecule has 150 valence electrons. The van der Waals surface area contributed by atoms with E-state index in [4.69, 9.17) is 11.6 Å². The van der Waals surface area contributed by atoms with Crippen LogP contribution in [0.15, 0.2) is 77.1 Å². The number of nitrogens with zero attached hydrogens (tertiary/aromatic N) is 1. The van der Waals surface area contributed by atoms with Crippen molar-refractivity contribution in [2.24, 2.45) is 0 Å². The lowest BCUT2D eigenvalue weighted by Crippen LogP contribution is -2.14. The number of anilines is 2. The Morgan fingerprint density at radius 1 is 0.967 bits per heavy atom. The van der Waals surface area contributed by atoms with Crippen molar-refractivity contribution in [3.05, 3.63) is 83.4 Å². The lowest BCUT2D eigenvalue weighted by molar-refractivity contribution is -0.113. The number of hydrogen-bond donors (Lipinski definition) is 2. The molecule has 0 atom stereocenters. The maximum absolute atomic E-state index is 12.3. The number of fused-ring (bicyclic) bond motifs is 1. The Hall–Kier alpha value is -2.87. The van der Waals surface area contributed by atoms with Gasteiger partial charge in [-0.15, -0.1) is 11.3 Å². The molecule has 4 aromatic rings. The van der Waals surface area contributed by atoms with Gasteiger partial charge in [-0.05, 0) is 42.5 Å². The van der Waals surface area contributed by atoms with Crippen molar-refractivity contribution in [1.29, 1.82) is 0 Å². The quantitative estimate of drug-likeness (QED) is 0.355. The third-order valence-corrected chi connectivity index (χ3v) is 6.63. The second kappa shape index (κ2) is 9.30. The van der Waals surface area contributed by atoms with Crippen LogP contribution in [0.5, 0.6) is 0 Å². The topological polar surface area (TPSA) is 71.1 Å². The summed E-state index contributed by atoms with van der Waals surface area (Å²) in [6.45, 7) is 0. The van der Waals surface area contributed by atoms with Gasteiger partial charge >= 0.3 is 0 Å². The van der Waals surface area contributed by atoms with Crippen molar-refractivity contribution in [3.8, 4) is 0 Å². The molecule has 0 saturated carbocycles. The van der Waals surface area contributed by atoms with E-state index in [-0.39, 0.29) is 17.6 Å². The smallest absolute Gasteiger partial charge is 0.255 e. The van der Waals surface area contributed by atoms with Gasteiger partial charge < -0.3 is 10.6 Å². The number of rotatable bonds is 6. The first kappa shape index (κ1) is 20.4. The highest BCUT2D eigenvalue weighted by Crippen LogP contribution is 2.31. The number of thioether (sulfide) groups is 1. The van der Waals surface area contributed by atoms with Crippen molar-refractivity contribution in [3.63, 3.8) is 0 Å². The lowest BCUT2D eigenvalue weighted by Gasteiger charge is -2.05. The predicted octanol–water partition coefficient (Wildman–Crippen LogP) is 5.93. The molecular weight excluding hydrogens is 438 g/mol. The maximum Gasteiger partial charge on any atom is 0.255 e. The summed E-state index contributed by atoms with van der Waals surface area (Å²) in [7, 11) is 0. The fourth-order valence-electron chi connectivity index (χ4n) is 2.71. The molecule has 1 aromatic heterocycles. The van der Waals surface area contributed by atoms with Gasteiger partial charge in [0, 0.05) is 11.3 Å². The Balaban J connectivity index is 1.39. The molecule has 4 rings (SSSR count). The Morgan fingerprint density at radius 2 is 1.73 bits per heavy atom. The van der Waals surface area contributed by atoms with E-state index in [2.05, 4.69) is 15.6 Å². The van der Waals surface area contributed by atoms with Crippen LogP contribution < -0.4 is 10.6 Å². The van der Waals surface area contributed by atoms with Gasteiger partial charge in [-0.1, -0.05) is 53.7 Å². The first-order valence-corrected chi connectivity index (χ1v) is 11.2. The number of hydrogen-bond acceptors (Lipinski definition) is 5. The number of benzene rings is 3. The fraction of sp³-hybridized carbons (Fsp3) is 0.0455. The molecule has 0 fully saturated rings. The summed E-state index contributed by atoms with van der Waals surface area (Å²) < 4.78 is 1.72. The van der Waals surface area contributed by atoms with Crippen LogP contribution in [-0.2, 0) is 4.79 Å². The molecular formula is C22H16ClN3O2S2. The van der Waals surface area contributed by atoms with Gasteiger partial charge in [0.15, 0.2) is 4.34 Å². The van der Waals surface area contributed by atoms with Crippen LogP contribution >= 0.6 is 34.7 Å². The van der Waals surface area contributed by atoms with Crippen molar-refractivity contribution < 1.29 is 9.59 Å². The zero-order chi connectivity index (χ0) is 20.9. The monoisotopic (exact) mass is 453 g/mol. The maximum atomic E-state index is 12.3. The number of thiazole rings is 1. The van der Waals surface area contributed by atoms with Gasteiger partial charge in [0.1, 0.15) is 0 Å². The molecule has 0 spiro atoms. The van der Waals surface area contributed by atoms with Gasteiger partial charge in [-0.25, -0.2) is 4.98 Å². The normalized spacial score (nSPS) is 10.7. The van der Waals surface area contributed by atoms with E-state index < -0.39 is 0 Å². The zero-order valence-corrected chi connectivity index (χ0v) is 18.0. The van der Waals surface area contributed by atoms with Gasteiger partial charge in [-0.2, -0.15) is 0 Å². The minimum absolute atomic E-state index is 0.150. The van der Waals surface area contributed by atoms with Crippen LogP contribution in [0.3, 0.4) is 0 Å². The number of halogens is 1. The number of amides is 2. The Bertz CT molecular complexity index is 1210. The predicted molar refractivity (Wildman–Crippen MR) is 125 cm³/mol. The van der Waals surface area contributed by atoms with Gasteiger partial charge in [0.05, 0.1) is 26.7 Å². The van der Waals surface area contributed by atoms with Crippen LogP contribution in [0.25, 0.3) is 10.2 Å². The van der Waals surface area contributed by atoms with Crippen molar-refractivity contribution in [2.45, 2.75) is 4.34 Å². The average molecular weight is 454 g/mol. The van der Waals surface area contributed by atoms with E-state index in [1.807, 2.05) is 48.5 Å². The van der Waals surface area contributed by atoms with E-state index >= 15 is 0 Å². The molecule has 0 aliphatic heterocycles. The van der Waals surface area contributed by atoms with E-state index in [0.717, 1.165) is 14.6 Å². The van der Waals surface area contributed by atoms with E-state index in [9.17, 15) is 9.59 Å². The fourth-order valence-corrected chi connectivity index (χ4v) is 4.80. The summed E-state index contributed by atoms with van der Waals surface area (Å²) in [4.78, 5) is 29.1. The first-order chi connectivity index (χ1) is 14.6. The van der Waals surface area contributed by atoms with Crippen LogP contribution in [-0.4, -0.2) is 22.6 Å². The molecule has 0 saturated heterocycles. The molecule has 0 radical (unpaired) electrons. The molecule has 2 N–H and O–H groups in total. The second-order valence-electron chi connectivity index (χ2n) is 6.30. The molecule has 0 unspecified atom stereocenters. The third kappa shape index (κ3) is 4.99. The number of carbonyl (C=O) groups excluding carboxylic acids is 2. The zero-order valence-electron chi connectivity index (χ0n) is 15.6. The second-order valence-corrected chi connectivity index (χ2v) is 8.96. The number of aromatic nitrogens is 1. The van der Waals surface area contributed by atoms with Crippen molar-refractivity contribution in [2.75, 3.05) is 16.4 Å². The van der Waals surface area contributed by atoms with E-state index in [1.165, 1.54) is 23.1 Å². The Morgan fingerprint density at radius 3 is 2.53 bits per heavy atom. The lowest BCUT2D eigenvalue weighted by atomic mass is 10.2. The molecule has 0 aliphatic rings. The van der Waals surface area contributed by atoms with Gasteiger partial charge in [0.2, 0.25) is 5.91 Å². The van der Waals surface area contributed by atoms with Gasteiger partial charge in [-0.3, -0.25) is 9.59 Å². The summed E-state index contributed by atoms with van der Waals surface area (Å²) in [6, 6.07) is 21.7. The summed E-state index contributed by atoms with van der Waals surface area (Å²) in [6.07, 6.45) is 0. The molecule has 3 aromatic carbocycles. The standard InChI is InChI=1S/C22H16ClN3O2S2/c23-16-8-4-5-9-17(16)25-20(27)13-29-22-26-18-11-10-15(12-19(18)30-22)24-21(28)14-6-2-1-3-7-14/h1-12H,13H2,(H,24,28)(H,25,27). The SMILES string of the molecule is O=C(CSc1nc2ccc(NC(=O)c3ccccc3)cc2s1)Nc1ccccc1Cl.